The molecule has 2 aromatic rings. The summed E-state index contributed by atoms with van der Waals surface area (Å²) in [6.45, 7) is 4.15. The fourth-order valence-corrected chi connectivity index (χ4v) is 2.39. The molecule has 88 valence electrons. The zero-order chi connectivity index (χ0) is 11.7. The average Bonchev–Trinajstić information content (AvgIpc) is 2.81. The number of rotatable bonds is 2. The van der Waals surface area contributed by atoms with Crippen molar-refractivity contribution < 1.29 is 0 Å². The van der Waals surface area contributed by atoms with Gasteiger partial charge in [-0.1, -0.05) is 37.3 Å². The lowest BCUT2D eigenvalue weighted by atomic mass is 9.98. The summed E-state index contributed by atoms with van der Waals surface area (Å²) in [7, 11) is 0. The topological polar surface area (TPSA) is 29.9 Å². The monoisotopic (exact) mass is 227 g/mol. The Kier molecular flexibility index (Phi) is 2.59. The van der Waals surface area contributed by atoms with Gasteiger partial charge in [-0.3, -0.25) is 0 Å². The van der Waals surface area contributed by atoms with Crippen LogP contribution >= 0.6 is 0 Å². The summed E-state index contributed by atoms with van der Waals surface area (Å²) >= 11 is 0. The van der Waals surface area contributed by atoms with Crippen molar-refractivity contribution in [2.45, 2.75) is 25.8 Å². The van der Waals surface area contributed by atoms with E-state index in [4.69, 9.17) is 0 Å². The van der Waals surface area contributed by atoms with E-state index in [0.29, 0.717) is 5.92 Å². The van der Waals surface area contributed by atoms with E-state index >= 15 is 0 Å². The second kappa shape index (κ2) is 4.24. The average molecular weight is 227 g/mol. The molecular formula is C14H17N3. The third-order valence-corrected chi connectivity index (χ3v) is 3.38. The molecule has 1 atom stereocenters. The van der Waals surface area contributed by atoms with E-state index in [-0.39, 0.29) is 0 Å². The van der Waals surface area contributed by atoms with Crippen LogP contribution < -0.4 is 5.32 Å². The molecule has 0 radical (unpaired) electrons. The molecule has 3 nitrogen and oxygen atoms in total. The molecule has 3 heteroatoms. The molecule has 1 unspecified atom stereocenters. The highest BCUT2D eigenvalue weighted by molar-refractivity contribution is 5.34. The van der Waals surface area contributed by atoms with Crippen molar-refractivity contribution in [2.24, 2.45) is 0 Å². The number of anilines is 1. The number of nitrogens with zero attached hydrogens (tertiary/aromatic N) is 2. The first-order valence-corrected chi connectivity index (χ1v) is 6.21. The van der Waals surface area contributed by atoms with E-state index < -0.39 is 0 Å². The third kappa shape index (κ3) is 1.93. The summed E-state index contributed by atoms with van der Waals surface area (Å²) in [6, 6.07) is 10.7. The summed E-state index contributed by atoms with van der Waals surface area (Å²) in [5, 5.41) is 3.42. The molecule has 0 spiro atoms. The Labute approximate surface area is 101 Å². The second-order valence-corrected chi connectivity index (χ2v) is 4.55. The first-order valence-electron chi connectivity index (χ1n) is 6.21. The maximum Gasteiger partial charge on any atom is 0.203 e. The largest absolute Gasteiger partial charge is 0.355 e. The molecule has 1 aromatic heterocycles. The van der Waals surface area contributed by atoms with Crippen LogP contribution in [0, 0.1) is 0 Å². The van der Waals surface area contributed by atoms with Gasteiger partial charge in [0.1, 0.15) is 0 Å². The van der Waals surface area contributed by atoms with Gasteiger partial charge in [0, 0.05) is 25.2 Å². The van der Waals surface area contributed by atoms with Gasteiger partial charge in [-0.2, -0.15) is 0 Å². The molecule has 1 aromatic carbocycles. The highest BCUT2D eigenvalue weighted by atomic mass is 15.2. The highest BCUT2D eigenvalue weighted by Crippen LogP contribution is 2.25. The minimum Gasteiger partial charge on any atom is -0.355 e. The quantitative estimate of drug-likeness (QED) is 0.854. The van der Waals surface area contributed by atoms with Crippen LogP contribution in [0.3, 0.4) is 0 Å². The van der Waals surface area contributed by atoms with Gasteiger partial charge in [-0.25, -0.2) is 4.98 Å². The van der Waals surface area contributed by atoms with Gasteiger partial charge in [-0.15, -0.1) is 0 Å². The summed E-state index contributed by atoms with van der Waals surface area (Å²) < 4.78 is 2.24. The Morgan fingerprint density at radius 1 is 1.35 bits per heavy atom. The predicted molar refractivity (Wildman–Crippen MR) is 69.3 cm³/mol. The van der Waals surface area contributed by atoms with E-state index in [2.05, 4.69) is 58.3 Å². The van der Waals surface area contributed by atoms with Crippen LogP contribution in [-0.4, -0.2) is 16.1 Å². The zero-order valence-corrected chi connectivity index (χ0v) is 10.1. The standard InChI is InChI=1S/C14H17N3/c1-2-13-10-17-9-12(8-15-14(17)16-13)11-6-4-3-5-7-11/h3-7,10,12H,2,8-9H2,1H3,(H,15,16). The van der Waals surface area contributed by atoms with E-state index in [1.807, 2.05) is 0 Å². The van der Waals surface area contributed by atoms with Crippen molar-refractivity contribution in [1.82, 2.24) is 9.55 Å². The Bertz CT molecular complexity index is 501. The van der Waals surface area contributed by atoms with E-state index in [9.17, 15) is 0 Å². The maximum absolute atomic E-state index is 4.55. The zero-order valence-electron chi connectivity index (χ0n) is 10.1. The van der Waals surface area contributed by atoms with Crippen LogP contribution in [0.5, 0.6) is 0 Å². The Balaban J connectivity index is 1.85. The molecular weight excluding hydrogens is 210 g/mol. The first kappa shape index (κ1) is 10.4. The number of hydrogen-bond acceptors (Lipinski definition) is 2. The molecule has 0 saturated carbocycles. The lowest BCUT2D eigenvalue weighted by molar-refractivity contribution is 0.548. The van der Waals surface area contributed by atoms with Crippen molar-refractivity contribution in [3.63, 3.8) is 0 Å². The van der Waals surface area contributed by atoms with Gasteiger partial charge < -0.3 is 9.88 Å². The lowest BCUT2D eigenvalue weighted by Crippen LogP contribution is -2.25. The summed E-state index contributed by atoms with van der Waals surface area (Å²) in [5.41, 5.74) is 2.57. The number of aromatic nitrogens is 2. The molecule has 0 aliphatic carbocycles. The van der Waals surface area contributed by atoms with Crippen molar-refractivity contribution in [3.8, 4) is 0 Å². The smallest absolute Gasteiger partial charge is 0.203 e. The van der Waals surface area contributed by atoms with Gasteiger partial charge in [0.15, 0.2) is 0 Å². The minimum absolute atomic E-state index is 0.544. The van der Waals surface area contributed by atoms with Crippen LogP contribution in [-0.2, 0) is 13.0 Å². The molecule has 0 bridgehead atoms. The van der Waals surface area contributed by atoms with E-state index in [1.165, 1.54) is 11.3 Å². The van der Waals surface area contributed by atoms with E-state index in [1.54, 1.807) is 0 Å². The maximum atomic E-state index is 4.55. The van der Waals surface area contributed by atoms with Crippen molar-refractivity contribution in [1.29, 1.82) is 0 Å². The van der Waals surface area contributed by atoms with Gasteiger partial charge >= 0.3 is 0 Å². The molecule has 0 fully saturated rings. The second-order valence-electron chi connectivity index (χ2n) is 4.55. The van der Waals surface area contributed by atoms with Gasteiger partial charge in [0.05, 0.1) is 5.69 Å². The van der Waals surface area contributed by atoms with Crippen molar-refractivity contribution >= 4 is 5.95 Å². The fraction of sp³-hybridized carbons (Fsp3) is 0.357. The number of aryl methyl sites for hydroxylation is 1. The van der Waals surface area contributed by atoms with Crippen molar-refractivity contribution in [2.75, 3.05) is 11.9 Å². The molecule has 3 rings (SSSR count). The normalized spacial score (nSPS) is 18.5. The van der Waals surface area contributed by atoms with E-state index in [0.717, 1.165) is 25.5 Å². The number of benzene rings is 1. The summed E-state index contributed by atoms with van der Waals surface area (Å²) in [5.74, 6) is 1.57. The first-order chi connectivity index (χ1) is 8.36. The SMILES string of the molecule is CCc1cn2c(n1)NCC(c1ccccc1)C2. The van der Waals surface area contributed by atoms with Crippen LogP contribution in [0.1, 0.15) is 24.1 Å². The Morgan fingerprint density at radius 2 is 2.18 bits per heavy atom. The third-order valence-electron chi connectivity index (χ3n) is 3.38. The van der Waals surface area contributed by atoms with Crippen molar-refractivity contribution in [3.05, 3.63) is 47.8 Å². The number of imidazole rings is 1. The number of fused-ring (bicyclic) bond motifs is 1. The fourth-order valence-electron chi connectivity index (χ4n) is 2.39. The highest BCUT2D eigenvalue weighted by Gasteiger charge is 2.20. The molecule has 0 amide bonds. The van der Waals surface area contributed by atoms with Gasteiger partial charge in [-0.05, 0) is 12.0 Å². The van der Waals surface area contributed by atoms with Crippen LogP contribution in [0.15, 0.2) is 36.5 Å². The number of nitrogens with one attached hydrogen (secondary N) is 1. The predicted octanol–water partition coefficient (Wildman–Crippen LogP) is 2.65. The van der Waals surface area contributed by atoms with Gasteiger partial charge in [0.25, 0.3) is 0 Å². The lowest BCUT2D eigenvalue weighted by Gasteiger charge is -2.25. The molecule has 17 heavy (non-hydrogen) atoms. The molecule has 1 N–H and O–H groups in total. The summed E-state index contributed by atoms with van der Waals surface area (Å²) in [4.78, 5) is 4.55. The van der Waals surface area contributed by atoms with Crippen LogP contribution in [0.4, 0.5) is 5.95 Å². The molecule has 1 aliphatic rings. The Morgan fingerprint density at radius 3 is 2.94 bits per heavy atom. The minimum atomic E-state index is 0.544. The van der Waals surface area contributed by atoms with Crippen LogP contribution in [0.25, 0.3) is 0 Å². The molecule has 2 heterocycles. The molecule has 0 saturated heterocycles. The number of hydrogen-bond donors (Lipinski definition) is 1. The molecule has 1 aliphatic heterocycles. The van der Waals surface area contributed by atoms with Gasteiger partial charge in [0.2, 0.25) is 5.95 Å². The van der Waals surface area contributed by atoms with Crippen LogP contribution in [0.2, 0.25) is 0 Å². The Hall–Kier alpha value is -1.77. The summed E-state index contributed by atoms with van der Waals surface area (Å²) in [6.07, 6.45) is 3.16.